The lowest BCUT2D eigenvalue weighted by atomic mass is 10.1. The lowest BCUT2D eigenvalue weighted by molar-refractivity contribution is -0.671. The molecular formula is C19H18N+. The van der Waals surface area contributed by atoms with Gasteiger partial charge in [-0.3, -0.25) is 0 Å². The fourth-order valence-corrected chi connectivity index (χ4v) is 2.45. The van der Waals surface area contributed by atoms with E-state index < -0.39 is 0 Å². The average Bonchev–Trinajstić information content (AvgIpc) is 2.49. The Balaban J connectivity index is 2.08. The molecule has 98 valence electrons. The minimum atomic E-state index is 1.21. The first-order valence-electron chi connectivity index (χ1n) is 6.86. The van der Waals surface area contributed by atoms with Gasteiger partial charge in [0, 0.05) is 17.5 Å². The molecule has 1 heterocycles. The molecular weight excluding hydrogens is 242 g/mol. The van der Waals surface area contributed by atoms with Gasteiger partial charge < -0.3 is 0 Å². The Morgan fingerprint density at radius 3 is 2.30 bits per heavy atom. The third-order valence-corrected chi connectivity index (χ3v) is 3.63. The monoisotopic (exact) mass is 260 g/mol. The molecule has 3 rings (SSSR count). The molecule has 1 nitrogen and oxygen atoms in total. The zero-order chi connectivity index (χ0) is 13.9. The molecule has 0 saturated carbocycles. The van der Waals surface area contributed by atoms with Gasteiger partial charge >= 0.3 is 0 Å². The van der Waals surface area contributed by atoms with Gasteiger partial charge in [-0.15, -0.1) is 0 Å². The third kappa shape index (κ3) is 2.48. The predicted molar refractivity (Wildman–Crippen MR) is 85.1 cm³/mol. The highest BCUT2D eigenvalue weighted by Gasteiger charge is 2.07. The summed E-state index contributed by atoms with van der Waals surface area (Å²) in [5.41, 5.74) is 3.75. The number of fused-ring (bicyclic) bond motifs is 1. The van der Waals surface area contributed by atoms with Gasteiger partial charge in [-0.05, 0) is 29.5 Å². The van der Waals surface area contributed by atoms with Crippen LogP contribution in [-0.4, -0.2) is 0 Å². The van der Waals surface area contributed by atoms with Gasteiger partial charge in [-0.2, -0.15) is 0 Å². The van der Waals surface area contributed by atoms with Crippen molar-refractivity contribution in [2.24, 2.45) is 7.05 Å². The number of aromatic nitrogens is 1. The largest absolute Gasteiger partial charge is 0.205 e. The van der Waals surface area contributed by atoms with Crippen LogP contribution < -0.4 is 4.57 Å². The summed E-state index contributed by atoms with van der Waals surface area (Å²) in [6.45, 7) is 2.16. The maximum Gasteiger partial charge on any atom is 0.205 e. The normalized spacial score (nSPS) is 11.8. The Labute approximate surface area is 119 Å². The van der Waals surface area contributed by atoms with E-state index in [9.17, 15) is 0 Å². The number of hydrogen-bond donors (Lipinski definition) is 0. The molecule has 0 aliphatic rings. The van der Waals surface area contributed by atoms with Crippen LogP contribution in [0.3, 0.4) is 0 Å². The quantitative estimate of drug-likeness (QED) is 0.607. The van der Waals surface area contributed by atoms with E-state index in [0.29, 0.717) is 0 Å². The van der Waals surface area contributed by atoms with E-state index in [0.717, 1.165) is 0 Å². The minimum Gasteiger partial charge on any atom is -0.201 e. The molecule has 3 aromatic rings. The van der Waals surface area contributed by atoms with Crippen molar-refractivity contribution in [3.05, 3.63) is 78.1 Å². The maximum atomic E-state index is 2.24. The molecule has 1 heteroatoms. The van der Waals surface area contributed by atoms with Crippen molar-refractivity contribution in [2.45, 2.75) is 6.92 Å². The Kier molecular flexibility index (Phi) is 3.34. The highest BCUT2D eigenvalue weighted by Crippen LogP contribution is 2.18. The van der Waals surface area contributed by atoms with Crippen LogP contribution in [0.2, 0.25) is 0 Å². The first-order valence-corrected chi connectivity index (χ1v) is 6.86. The van der Waals surface area contributed by atoms with E-state index in [1.54, 1.807) is 0 Å². The second-order valence-corrected chi connectivity index (χ2v) is 5.13. The Morgan fingerprint density at radius 2 is 1.55 bits per heavy atom. The van der Waals surface area contributed by atoms with Gasteiger partial charge in [0.15, 0.2) is 6.20 Å². The van der Waals surface area contributed by atoms with Gasteiger partial charge in [0.05, 0.1) is 0 Å². The van der Waals surface area contributed by atoms with Gasteiger partial charge in [0.2, 0.25) is 5.69 Å². The number of pyridine rings is 1. The van der Waals surface area contributed by atoms with E-state index in [1.165, 1.54) is 27.6 Å². The smallest absolute Gasteiger partial charge is 0.201 e. The van der Waals surface area contributed by atoms with Crippen LogP contribution in [0, 0.1) is 0 Å². The molecule has 0 fully saturated rings. The molecule has 1 aromatic heterocycles. The Bertz CT molecular complexity index is 770. The second kappa shape index (κ2) is 5.30. The van der Waals surface area contributed by atoms with Crippen LogP contribution in [-0.2, 0) is 7.05 Å². The number of aryl methyl sites for hydroxylation is 1. The number of nitrogens with zero attached hydrogens (tertiary/aromatic N) is 1. The molecule has 20 heavy (non-hydrogen) atoms. The number of hydrogen-bond acceptors (Lipinski definition) is 0. The first-order chi connectivity index (χ1) is 9.74. The standard InChI is InChI=1S/C19H18N/c1-15(16-8-4-3-5-9-16)12-19-13-17-10-6-7-11-18(17)14-20(19)2/h3-14H,1-2H3/q+1. The molecule has 0 N–H and O–H groups in total. The van der Waals surface area contributed by atoms with Gasteiger partial charge in [-0.1, -0.05) is 48.5 Å². The number of allylic oxidation sites excluding steroid dienone is 1. The summed E-state index contributed by atoms with van der Waals surface area (Å²) in [5.74, 6) is 0. The molecule has 0 aliphatic carbocycles. The van der Waals surface area contributed by atoms with E-state index in [-0.39, 0.29) is 0 Å². The summed E-state index contributed by atoms with van der Waals surface area (Å²) < 4.78 is 2.18. The fraction of sp³-hybridized carbons (Fsp3) is 0.105. The molecule has 0 spiro atoms. The van der Waals surface area contributed by atoms with Crippen molar-refractivity contribution >= 4 is 22.4 Å². The Hall–Kier alpha value is -2.41. The van der Waals surface area contributed by atoms with E-state index in [2.05, 4.69) is 85.4 Å². The van der Waals surface area contributed by atoms with Crippen molar-refractivity contribution in [3.8, 4) is 0 Å². The summed E-state index contributed by atoms with van der Waals surface area (Å²) >= 11 is 0. The van der Waals surface area contributed by atoms with E-state index in [1.807, 2.05) is 6.07 Å². The molecule has 0 aliphatic heterocycles. The van der Waals surface area contributed by atoms with Crippen molar-refractivity contribution in [2.75, 3.05) is 0 Å². The van der Waals surface area contributed by atoms with Crippen molar-refractivity contribution in [1.29, 1.82) is 0 Å². The highest BCUT2D eigenvalue weighted by atomic mass is 14.9. The van der Waals surface area contributed by atoms with E-state index in [4.69, 9.17) is 0 Å². The molecule has 0 atom stereocenters. The summed E-state index contributed by atoms with van der Waals surface area (Å²) in [7, 11) is 2.09. The first kappa shape index (κ1) is 12.6. The van der Waals surface area contributed by atoms with Crippen LogP contribution in [0.15, 0.2) is 66.9 Å². The predicted octanol–water partition coefficient (Wildman–Crippen LogP) is 4.22. The number of benzene rings is 2. The van der Waals surface area contributed by atoms with Crippen LogP contribution in [0.1, 0.15) is 18.2 Å². The van der Waals surface area contributed by atoms with Crippen molar-refractivity contribution < 1.29 is 4.57 Å². The summed E-state index contributed by atoms with van der Waals surface area (Å²) in [6.07, 6.45) is 4.42. The zero-order valence-corrected chi connectivity index (χ0v) is 11.9. The lowest BCUT2D eigenvalue weighted by Crippen LogP contribution is -2.31. The van der Waals surface area contributed by atoms with Crippen LogP contribution >= 0.6 is 0 Å². The molecule has 0 saturated heterocycles. The summed E-state index contributed by atoms with van der Waals surface area (Å²) in [4.78, 5) is 0. The minimum absolute atomic E-state index is 1.21. The van der Waals surface area contributed by atoms with Crippen molar-refractivity contribution in [3.63, 3.8) is 0 Å². The van der Waals surface area contributed by atoms with Gasteiger partial charge in [-0.25, -0.2) is 4.57 Å². The SMILES string of the molecule is CC(=Cc1cc2ccccc2c[n+]1C)c1ccccc1. The number of rotatable bonds is 2. The lowest BCUT2D eigenvalue weighted by Gasteiger charge is -2.02. The average molecular weight is 260 g/mol. The zero-order valence-electron chi connectivity index (χ0n) is 11.9. The molecule has 0 radical (unpaired) electrons. The van der Waals surface area contributed by atoms with E-state index >= 15 is 0 Å². The molecule has 0 bridgehead atoms. The van der Waals surface area contributed by atoms with Gasteiger partial charge in [0.25, 0.3) is 0 Å². The molecule has 0 amide bonds. The van der Waals surface area contributed by atoms with Gasteiger partial charge in [0.1, 0.15) is 7.05 Å². The van der Waals surface area contributed by atoms with Crippen molar-refractivity contribution in [1.82, 2.24) is 0 Å². The topological polar surface area (TPSA) is 3.88 Å². The summed E-state index contributed by atoms with van der Waals surface area (Å²) in [6, 6.07) is 21.2. The fourth-order valence-electron chi connectivity index (χ4n) is 2.45. The third-order valence-electron chi connectivity index (χ3n) is 3.63. The summed E-state index contributed by atoms with van der Waals surface area (Å²) in [5, 5.41) is 2.54. The van der Waals surface area contributed by atoms with Crippen LogP contribution in [0.5, 0.6) is 0 Å². The second-order valence-electron chi connectivity index (χ2n) is 5.13. The van der Waals surface area contributed by atoms with Crippen LogP contribution in [0.25, 0.3) is 22.4 Å². The maximum absolute atomic E-state index is 2.24. The molecule has 2 aromatic carbocycles. The Morgan fingerprint density at radius 1 is 0.900 bits per heavy atom. The van der Waals surface area contributed by atoms with Crippen LogP contribution in [0.4, 0.5) is 0 Å². The highest BCUT2D eigenvalue weighted by molar-refractivity contribution is 5.85. The molecule has 0 unspecified atom stereocenters.